The summed E-state index contributed by atoms with van der Waals surface area (Å²) in [4.78, 5) is 4.38. The molecule has 0 bridgehead atoms. The third kappa shape index (κ3) is 2.09. The molecule has 1 aliphatic carbocycles. The molecule has 1 fully saturated rings. The summed E-state index contributed by atoms with van der Waals surface area (Å²) < 4.78 is 15.7. The van der Waals surface area contributed by atoms with Gasteiger partial charge in [-0.2, -0.15) is 4.98 Å². The normalized spacial score (nSPS) is 14.4. The van der Waals surface area contributed by atoms with E-state index in [4.69, 9.17) is 19.7 Å². The number of aromatic nitrogens is 2. The number of rotatable bonds is 4. The van der Waals surface area contributed by atoms with E-state index in [-0.39, 0.29) is 0 Å². The Kier molecular flexibility index (Phi) is 2.77. The average molecular weight is 261 g/mol. The van der Waals surface area contributed by atoms with Crippen molar-refractivity contribution in [1.82, 2.24) is 10.1 Å². The van der Waals surface area contributed by atoms with Crippen molar-refractivity contribution in [2.24, 2.45) is 0 Å². The zero-order chi connectivity index (χ0) is 13.4. The largest absolute Gasteiger partial charge is 0.493 e. The van der Waals surface area contributed by atoms with E-state index in [1.165, 1.54) is 0 Å². The van der Waals surface area contributed by atoms with Crippen LogP contribution in [0.1, 0.15) is 24.6 Å². The fourth-order valence-electron chi connectivity index (χ4n) is 1.93. The molecule has 1 aromatic carbocycles. The highest BCUT2D eigenvalue weighted by atomic mass is 16.5. The van der Waals surface area contributed by atoms with E-state index in [1.807, 2.05) is 0 Å². The molecule has 1 heterocycles. The molecular weight excluding hydrogens is 246 g/mol. The molecule has 0 radical (unpaired) electrons. The van der Waals surface area contributed by atoms with E-state index < -0.39 is 0 Å². The van der Waals surface area contributed by atoms with Crippen molar-refractivity contribution < 1.29 is 14.0 Å². The Hall–Kier alpha value is -2.24. The molecule has 1 aliphatic rings. The first kappa shape index (κ1) is 11.8. The van der Waals surface area contributed by atoms with Crippen LogP contribution in [0, 0.1) is 0 Å². The van der Waals surface area contributed by atoms with Gasteiger partial charge in [0.05, 0.1) is 19.8 Å². The van der Waals surface area contributed by atoms with Crippen molar-refractivity contribution in [3.63, 3.8) is 0 Å². The number of nitrogens with zero attached hydrogens (tertiary/aromatic N) is 2. The molecule has 2 N–H and O–H groups in total. The molecule has 19 heavy (non-hydrogen) atoms. The van der Waals surface area contributed by atoms with Crippen LogP contribution in [0.15, 0.2) is 16.7 Å². The molecule has 2 aromatic rings. The maximum atomic E-state index is 5.99. The molecule has 0 amide bonds. The fraction of sp³-hybridized carbons (Fsp3) is 0.385. The van der Waals surface area contributed by atoms with Gasteiger partial charge in [0.2, 0.25) is 0 Å². The van der Waals surface area contributed by atoms with Crippen molar-refractivity contribution in [2.75, 3.05) is 20.0 Å². The van der Waals surface area contributed by atoms with Gasteiger partial charge in [-0.3, -0.25) is 0 Å². The summed E-state index contributed by atoms with van der Waals surface area (Å²) >= 11 is 0. The Morgan fingerprint density at radius 1 is 1.21 bits per heavy atom. The second kappa shape index (κ2) is 4.46. The first-order valence-electron chi connectivity index (χ1n) is 6.08. The molecule has 6 nitrogen and oxygen atoms in total. The molecule has 6 heteroatoms. The van der Waals surface area contributed by atoms with Gasteiger partial charge in [0, 0.05) is 17.7 Å². The Labute approximate surface area is 110 Å². The van der Waals surface area contributed by atoms with Crippen LogP contribution in [0.3, 0.4) is 0 Å². The lowest BCUT2D eigenvalue weighted by Gasteiger charge is -2.10. The van der Waals surface area contributed by atoms with E-state index >= 15 is 0 Å². The molecule has 0 unspecified atom stereocenters. The molecule has 0 spiro atoms. The molecule has 1 saturated carbocycles. The minimum atomic E-state index is 0.417. The van der Waals surface area contributed by atoms with Crippen LogP contribution >= 0.6 is 0 Å². The average Bonchev–Trinajstić information content (AvgIpc) is 3.17. The highest BCUT2D eigenvalue weighted by Gasteiger charge is 2.29. The summed E-state index contributed by atoms with van der Waals surface area (Å²) in [6, 6.07) is 3.44. The van der Waals surface area contributed by atoms with Crippen molar-refractivity contribution in [1.29, 1.82) is 0 Å². The van der Waals surface area contributed by atoms with Gasteiger partial charge in [-0.25, -0.2) is 0 Å². The van der Waals surface area contributed by atoms with E-state index in [0.717, 1.165) is 18.7 Å². The van der Waals surface area contributed by atoms with Gasteiger partial charge in [-0.1, -0.05) is 5.16 Å². The number of nitrogens with two attached hydrogens (primary N) is 1. The molecule has 100 valence electrons. The Balaban J connectivity index is 2.02. The third-order valence-corrected chi connectivity index (χ3v) is 3.17. The van der Waals surface area contributed by atoms with Crippen LogP contribution in [-0.4, -0.2) is 24.4 Å². The Morgan fingerprint density at radius 2 is 1.89 bits per heavy atom. The van der Waals surface area contributed by atoms with Gasteiger partial charge in [-0.05, 0) is 18.9 Å². The lowest BCUT2D eigenvalue weighted by Crippen LogP contribution is -1.96. The quantitative estimate of drug-likeness (QED) is 0.849. The van der Waals surface area contributed by atoms with E-state index in [2.05, 4.69) is 10.1 Å². The lowest BCUT2D eigenvalue weighted by molar-refractivity contribution is 0.355. The number of methoxy groups -OCH3 is 2. The van der Waals surface area contributed by atoms with E-state index in [0.29, 0.717) is 34.6 Å². The monoisotopic (exact) mass is 261 g/mol. The first-order chi connectivity index (χ1) is 9.22. The van der Waals surface area contributed by atoms with Crippen molar-refractivity contribution in [3.8, 4) is 23.0 Å². The van der Waals surface area contributed by atoms with E-state index in [1.54, 1.807) is 26.4 Å². The summed E-state index contributed by atoms with van der Waals surface area (Å²) in [6.07, 6.45) is 2.25. The van der Waals surface area contributed by atoms with E-state index in [9.17, 15) is 0 Å². The molecule has 0 aliphatic heterocycles. The molecule has 0 atom stereocenters. The summed E-state index contributed by atoms with van der Waals surface area (Å²) in [7, 11) is 3.14. The molecule has 3 rings (SSSR count). The first-order valence-corrected chi connectivity index (χ1v) is 6.08. The van der Waals surface area contributed by atoms with Crippen LogP contribution in [0.5, 0.6) is 11.5 Å². The summed E-state index contributed by atoms with van der Waals surface area (Å²) in [5.41, 5.74) is 7.17. The van der Waals surface area contributed by atoms with Crippen LogP contribution in [-0.2, 0) is 0 Å². The highest BCUT2D eigenvalue weighted by Crippen LogP contribution is 2.40. The maximum absolute atomic E-state index is 5.99. The molecule has 0 saturated heterocycles. The Bertz CT molecular complexity index is 605. The fourth-order valence-corrected chi connectivity index (χ4v) is 1.93. The Morgan fingerprint density at radius 3 is 2.53 bits per heavy atom. The van der Waals surface area contributed by atoms with Crippen LogP contribution < -0.4 is 15.2 Å². The topological polar surface area (TPSA) is 83.4 Å². The SMILES string of the molecule is COc1cc(N)c(-c2nc(C3CC3)no2)cc1OC. The van der Waals surface area contributed by atoms with Crippen molar-refractivity contribution in [3.05, 3.63) is 18.0 Å². The van der Waals surface area contributed by atoms with Gasteiger partial charge in [-0.15, -0.1) is 0 Å². The molecule has 1 aromatic heterocycles. The second-order valence-corrected chi connectivity index (χ2v) is 4.53. The minimum absolute atomic E-state index is 0.417. The molecular formula is C13H15N3O3. The third-order valence-electron chi connectivity index (χ3n) is 3.17. The number of hydrogen-bond donors (Lipinski definition) is 1. The predicted octanol–water partition coefficient (Wildman–Crippen LogP) is 2.21. The van der Waals surface area contributed by atoms with Gasteiger partial charge in [0.1, 0.15) is 0 Å². The van der Waals surface area contributed by atoms with Crippen LogP contribution in [0.25, 0.3) is 11.5 Å². The summed E-state index contributed by atoms with van der Waals surface area (Å²) in [5, 5.41) is 3.98. The minimum Gasteiger partial charge on any atom is -0.493 e. The highest BCUT2D eigenvalue weighted by molar-refractivity contribution is 5.75. The number of nitrogen functional groups attached to an aromatic ring is 1. The van der Waals surface area contributed by atoms with Crippen LogP contribution in [0.4, 0.5) is 5.69 Å². The van der Waals surface area contributed by atoms with Crippen molar-refractivity contribution >= 4 is 5.69 Å². The number of anilines is 1. The van der Waals surface area contributed by atoms with Crippen molar-refractivity contribution in [2.45, 2.75) is 18.8 Å². The zero-order valence-corrected chi connectivity index (χ0v) is 10.8. The lowest BCUT2D eigenvalue weighted by atomic mass is 10.1. The van der Waals surface area contributed by atoms with Gasteiger partial charge in [0.15, 0.2) is 17.3 Å². The van der Waals surface area contributed by atoms with Gasteiger partial charge in [0.25, 0.3) is 5.89 Å². The van der Waals surface area contributed by atoms with Crippen LogP contribution in [0.2, 0.25) is 0 Å². The number of hydrogen-bond acceptors (Lipinski definition) is 6. The maximum Gasteiger partial charge on any atom is 0.260 e. The summed E-state index contributed by atoms with van der Waals surface area (Å²) in [5.74, 6) is 2.77. The summed E-state index contributed by atoms with van der Waals surface area (Å²) in [6.45, 7) is 0. The van der Waals surface area contributed by atoms with Gasteiger partial charge < -0.3 is 19.7 Å². The van der Waals surface area contributed by atoms with Gasteiger partial charge >= 0.3 is 0 Å². The zero-order valence-electron chi connectivity index (χ0n) is 10.8. The smallest absolute Gasteiger partial charge is 0.260 e. The number of benzene rings is 1. The second-order valence-electron chi connectivity index (χ2n) is 4.53. The standard InChI is InChI=1S/C13H15N3O3/c1-17-10-5-8(9(14)6-11(10)18-2)13-15-12(16-19-13)7-3-4-7/h5-7H,3-4,14H2,1-2H3. The predicted molar refractivity (Wildman–Crippen MR) is 69.2 cm³/mol. The number of ether oxygens (including phenoxy) is 2.